The Morgan fingerprint density at radius 2 is 2.00 bits per heavy atom. The summed E-state index contributed by atoms with van der Waals surface area (Å²) in [6.07, 6.45) is 4.78. The van der Waals surface area contributed by atoms with Crippen molar-refractivity contribution in [3.05, 3.63) is 21.7 Å². The second-order valence-corrected chi connectivity index (χ2v) is 4.63. The van der Waals surface area contributed by atoms with Crippen LogP contribution in [0.2, 0.25) is 0 Å². The third-order valence-electron chi connectivity index (χ3n) is 2.77. The summed E-state index contributed by atoms with van der Waals surface area (Å²) in [6.45, 7) is 4.28. The SMILES string of the molecule is CC(C)c1nc(=S)c2c([nH]1)CCCC2. The average Bonchev–Trinajstić information content (AvgIpc) is 2.17. The predicted octanol–water partition coefficient (Wildman–Crippen LogP) is 3.14. The van der Waals surface area contributed by atoms with Crippen molar-refractivity contribution in [2.45, 2.75) is 45.4 Å². The molecule has 0 saturated carbocycles. The molecule has 3 heteroatoms. The summed E-state index contributed by atoms with van der Waals surface area (Å²) >= 11 is 5.31. The Morgan fingerprint density at radius 3 is 2.71 bits per heavy atom. The van der Waals surface area contributed by atoms with E-state index in [0.717, 1.165) is 23.3 Å². The van der Waals surface area contributed by atoms with Crippen LogP contribution < -0.4 is 0 Å². The summed E-state index contributed by atoms with van der Waals surface area (Å²) in [7, 11) is 0. The standard InChI is InChI=1S/C11H16N2S/c1-7(2)10-12-9-6-4-3-5-8(9)11(14)13-10/h7H,3-6H2,1-2H3,(H,12,13,14). The number of aromatic amines is 1. The Kier molecular flexibility index (Phi) is 2.68. The number of H-pyrrole nitrogens is 1. The molecule has 2 nitrogen and oxygen atoms in total. The molecular weight excluding hydrogens is 192 g/mol. The Labute approximate surface area is 89.8 Å². The van der Waals surface area contributed by atoms with Crippen molar-refractivity contribution in [2.75, 3.05) is 0 Å². The van der Waals surface area contributed by atoms with Crippen LogP contribution in [-0.4, -0.2) is 9.97 Å². The average molecular weight is 208 g/mol. The molecule has 0 aliphatic heterocycles. The number of fused-ring (bicyclic) bond motifs is 1. The number of hydrogen-bond donors (Lipinski definition) is 1. The van der Waals surface area contributed by atoms with Gasteiger partial charge in [0.15, 0.2) is 0 Å². The Bertz CT molecular complexity index is 393. The first-order valence-electron chi connectivity index (χ1n) is 5.30. The van der Waals surface area contributed by atoms with E-state index in [0.29, 0.717) is 5.92 Å². The number of nitrogens with one attached hydrogen (secondary N) is 1. The molecular formula is C11H16N2S. The molecule has 0 amide bonds. The van der Waals surface area contributed by atoms with Crippen molar-refractivity contribution in [1.82, 2.24) is 9.97 Å². The molecule has 1 N–H and O–H groups in total. The van der Waals surface area contributed by atoms with Crippen LogP contribution in [0.4, 0.5) is 0 Å². The number of aromatic nitrogens is 2. The summed E-state index contributed by atoms with van der Waals surface area (Å²) in [6, 6.07) is 0. The Hall–Kier alpha value is -0.700. The zero-order valence-electron chi connectivity index (χ0n) is 8.76. The molecule has 76 valence electrons. The number of nitrogens with zero attached hydrogens (tertiary/aromatic N) is 1. The molecule has 1 aromatic heterocycles. The van der Waals surface area contributed by atoms with Crippen LogP contribution in [0.1, 0.15) is 49.7 Å². The zero-order chi connectivity index (χ0) is 10.1. The van der Waals surface area contributed by atoms with E-state index in [4.69, 9.17) is 12.2 Å². The van der Waals surface area contributed by atoms with Crippen LogP contribution in [-0.2, 0) is 12.8 Å². The first-order chi connectivity index (χ1) is 6.68. The highest BCUT2D eigenvalue weighted by molar-refractivity contribution is 7.71. The van der Waals surface area contributed by atoms with Crippen molar-refractivity contribution in [3.63, 3.8) is 0 Å². The lowest BCUT2D eigenvalue weighted by Gasteiger charge is -2.17. The summed E-state index contributed by atoms with van der Waals surface area (Å²) < 4.78 is 0.821. The molecule has 0 atom stereocenters. The van der Waals surface area contributed by atoms with E-state index in [2.05, 4.69) is 23.8 Å². The fraction of sp³-hybridized carbons (Fsp3) is 0.636. The van der Waals surface area contributed by atoms with Gasteiger partial charge in [0.1, 0.15) is 10.5 Å². The van der Waals surface area contributed by atoms with Crippen LogP contribution in [0.15, 0.2) is 0 Å². The van der Waals surface area contributed by atoms with Gasteiger partial charge in [0, 0.05) is 17.2 Å². The van der Waals surface area contributed by atoms with E-state index < -0.39 is 0 Å². The smallest absolute Gasteiger partial charge is 0.133 e. The van der Waals surface area contributed by atoms with E-state index in [1.807, 2.05) is 0 Å². The molecule has 0 aromatic carbocycles. The van der Waals surface area contributed by atoms with Gasteiger partial charge < -0.3 is 4.98 Å². The van der Waals surface area contributed by atoms with Gasteiger partial charge in [-0.05, 0) is 25.7 Å². The van der Waals surface area contributed by atoms with E-state index in [1.54, 1.807) is 0 Å². The second kappa shape index (κ2) is 3.81. The van der Waals surface area contributed by atoms with Crippen LogP contribution in [0, 0.1) is 4.64 Å². The molecule has 0 unspecified atom stereocenters. The lowest BCUT2D eigenvalue weighted by atomic mass is 9.97. The minimum absolute atomic E-state index is 0.434. The molecule has 1 aliphatic rings. The Morgan fingerprint density at radius 1 is 1.29 bits per heavy atom. The Balaban J connectivity index is 2.52. The van der Waals surface area contributed by atoms with Crippen LogP contribution in [0.5, 0.6) is 0 Å². The fourth-order valence-corrected chi connectivity index (χ4v) is 2.24. The highest BCUT2D eigenvalue weighted by Crippen LogP contribution is 2.21. The summed E-state index contributed by atoms with van der Waals surface area (Å²) in [4.78, 5) is 7.87. The van der Waals surface area contributed by atoms with Crippen molar-refractivity contribution >= 4 is 12.2 Å². The van der Waals surface area contributed by atoms with Gasteiger partial charge in [0.25, 0.3) is 0 Å². The molecule has 0 fully saturated rings. The molecule has 2 rings (SSSR count). The van der Waals surface area contributed by atoms with Gasteiger partial charge >= 0.3 is 0 Å². The maximum Gasteiger partial charge on any atom is 0.133 e. The summed E-state index contributed by atoms with van der Waals surface area (Å²) in [5.41, 5.74) is 2.62. The van der Waals surface area contributed by atoms with Crippen molar-refractivity contribution in [2.24, 2.45) is 0 Å². The molecule has 0 spiro atoms. The maximum absolute atomic E-state index is 5.31. The van der Waals surface area contributed by atoms with Gasteiger partial charge in [-0.25, -0.2) is 4.98 Å². The normalized spacial score (nSPS) is 15.6. The van der Waals surface area contributed by atoms with Gasteiger partial charge in [0.2, 0.25) is 0 Å². The quantitative estimate of drug-likeness (QED) is 0.718. The summed E-state index contributed by atoms with van der Waals surface area (Å²) in [5, 5.41) is 0. The minimum atomic E-state index is 0.434. The zero-order valence-corrected chi connectivity index (χ0v) is 9.58. The van der Waals surface area contributed by atoms with Crippen LogP contribution in [0.25, 0.3) is 0 Å². The highest BCUT2D eigenvalue weighted by atomic mass is 32.1. The van der Waals surface area contributed by atoms with Gasteiger partial charge in [-0.2, -0.15) is 0 Å². The first kappa shape index (κ1) is 9.84. The van der Waals surface area contributed by atoms with Gasteiger partial charge in [-0.15, -0.1) is 0 Å². The molecule has 1 aliphatic carbocycles. The molecule has 1 heterocycles. The van der Waals surface area contributed by atoms with Gasteiger partial charge in [0.05, 0.1) is 0 Å². The lowest BCUT2D eigenvalue weighted by molar-refractivity contribution is 0.640. The number of rotatable bonds is 1. The monoisotopic (exact) mass is 208 g/mol. The van der Waals surface area contributed by atoms with Gasteiger partial charge in [-0.1, -0.05) is 26.1 Å². The molecule has 0 saturated heterocycles. The van der Waals surface area contributed by atoms with Gasteiger partial charge in [-0.3, -0.25) is 0 Å². The topological polar surface area (TPSA) is 28.7 Å². The number of hydrogen-bond acceptors (Lipinski definition) is 2. The van der Waals surface area contributed by atoms with Crippen molar-refractivity contribution < 1.29 is 0 Å². The minimum Gasteiger partial charge on any atom is -0.347 e. The largest absolute Gasteiger partial charge is 0.347 e. The van der Waals surface area contributed by atoms with E-state index in [1.165, 1.54) is 24.1 Å². The van der Waals surface area contributed by atoms with E-state index in [-0.39, 0.29) is 0 Å². The van der Waals surface area contributed by atoms with E-state index in [9.17, 15) is 0 Å². The summed E-state index contributed by atoms with van der Waals surface area (Å²) in [5.74, 6) is 1.47. The fourth-order valence-electron chi connectivity index (χ4n) is 1.91. The second-order valence-electron chi connectivity index (χ2n) is 4.25. The van der Waals surface area contributed by atoms with Crippen molar-refractivity contribution in [3.8, 4) is 0 Å². The molecule has 0 bridgehead atoms. The first-order valence-corrected chi connectivity index (χ1v) is 5.71. The molecule has 0 radical (unpaired) electrons. The van der Waals surface area contributed by atoms with Crippen molar-refractivity contribution in [1.29, 1.82) is 0 Å². The molecule has 14 heavy (non-hydrogen) atoms. The van der Waals surface area contributed by atoms with Crippen LogP contribution in [0.3, 0.4) is 0 Å². The van der Waals surface area contributed by atoms with E-state index >= 15 is 0 Å². The van der Waals surface area contributed by atoms with Crippen LogP contribution >= 0.6 is 12.2 Å². The number of aryl methyl sites for hydroxylation is 1. The molecule has 1 aromatic rings. The third-order valence-corrected chi connectivity index (χ3v) is 3.11. The third kappa shape index (κ3) is 1.73. The highest BCUT2D eigenvalue weighted by Gasteiger charge is 2.13. The lowest BCUT2D eigenvalue weighted by Crippen LogP contribution is -2.11. The predicted molar refractivity (Wildman–Crippen MR) is 60.2 cm³/mol. The maximum atomic E-state index is 5.31.